The zero-order chi connectivity index (χ0) is 36.2. The van der Waals surface area contributed by atoms with Crippen LogP contribution < -0.4 is 20.1 Å². The van der Waals surface area contributed by atoms with Gasteiger partial charge in [0, 0.05) is 36.2 Å². The number of amides is 1. The Labute approximate surface area is 300 Å². The third kappa shape index (κ3) is 8.39. The lowest BCUT2D eigenvalue weighted by molar-refractivity contribution is 0.102. The van der Waals surface area contributed by atoms with Crippen molar-refractivity contribution in [1.29, 1.82) is 5.26 Å². The van der Waals surface area contributed by atoms with Gasteiger partial charge in [-0.05, 0) is 97.9 Å². The predicted octanol–water partition coefficient (Wildman–Crippen LogP) is 8.54. The Kier molecular flexibility index (Phi) is 10.4. The van der Waals surface area contributed by atoms with Crippen molar-refractivity contribution in [1.82, 2.24) is 19.7 Å². The highest BCUT2D eigenvalue weighted by Crippen LogP contribution is 2.40. The molecule has 0 aliphatic heterocycles. The van der Waals surface area contributed by atoms with Crippen LogP contribution in [0.3, 0.4) is 0 Å². The molecule has 0 bridgehead atoms. The Morgan fingerprint density at radius 1 is 0.961 bits per heavy atom. The SMILES string of the molecule is COc1ccc(Cn2nc(NC3CCC(O[Si](C)(C)C(C)(C)C)CC3)c3c(Oc4ccc(C(=O)Nc5cc(C#N)ccn5)cc4)ccnc32)cc1. The van der Waals surface area contributed by atoms with Crippen molar-refractivity contribution in [3.63, 3.8) is 0 Å². The van der Waals surface area contributed by atoms with Crippen molar-refractivity contribution in [2.45, 2.75) is 83.3 Å². The molecule has 0 atom stereocenters. The van der Waals surface area contributed by atoms with Gasteiger partial charge >= 0.3 is 0 Å². The molecule has 2 aromatic carbocycles. The molecule has 11 nitrogen and oxygen atoms in total. The maximum atomic E-state index is 12.9. The average Bonchev–Trinajstić information content (AvgIpc) is 3.46. The normalized spacial score (nSPS) is 16.3. The molecule has 51 heavy (non-hydrogen) atoms. The quantitative estimate of drug-likeness (QED) is 0.130. The Morgan fingerprint density at radius 3 is 2.31 bits per heavy atom. The largest absolute Gasteiger partial charge is 0.497 e. The molecule has 1 aliphatic carbocycles. The maximum Gasteiger partial charge on any atom is 0.256 e. The minimum Gasteiger partial charge on any atom is -0.497 e. The third-order valence-electron chi connectivity index (χ3n) is 9.84. The molecule has 1 aliphatic rings. The molecule has 0 spiro atoms. The highest BCUT2D eigenvalue weighted by molar-refractivity contribution is 6.74. The molecule has 12 heteroatoms. The van der Waals surface area contributed by atoms with Crippen molar-refractivity contribution in [2.24, 2.45) is 0 Å². The van der Waals surface area contributed by atoms with E-state index in [0.717, 1.165) is 48.2 Å². The number of anilines is 2. The molecule has 0 saturated heterocycles. The van der Waals surface area contributed by atoms with Gasteiger partial charge in [-0.2, -0.15) is 10.4 Å². The number of carbonyl (C=O) groups is 1. The molecular formula is C39H45N7O4Si. The van der Waals surface area contributed by atoms with Gasteiger partial charge in [0.25, 0.3) is 5.91 Å². The van der Waals surface area contributed by atoms with E-state index in [4.69, 9.17) is 29.2 Å². The summed E-state index contributed by atoms with van der Waals surface area (Å²) in [6.45, 7) is 12.0. The summed E-state index contributed by atoms with van der Waals surface area (Å²) in [7, 11) is -0.189. The Morgan fingerprint density at radius 2 is 1.65 bits per heavy atom. The smallest absolute Gasteiger partial charge is 0.256 e. The average molecular weight is 704 g/mol. The Hall–Kier alpha value is -5.25. The van der Waals surface area contributed by atoms with Gasteiger partial charge in [0.1, 0.15) is 28.5 Å². The number of methoxy groups -OCH3 is 1. The molecule has 5 aromatic rings. The summed E-state index contributed by atoms with van der Waals surface area (Å²) in [4.78, 5) is 21.8. The summed E-state index contributed by atoms with van der Waals surface area (Å²) in [5.41, 5.74) is 2.60. The van der Waals surface area contributed by atoms with Crippen LogP contribution in [0.5, 0.6) is 17.2 Å². The number of pyridine rings is 2. The number of aromatic nitrogens is 4. The van der Waals surface area contributed by atoms with Crippen LogP contribution in [0.2, 0.25) is 18.1 Å². The number of hydrogen-bond acceptors (Lipinski definition) is 9. The summed E-state index contributed by atoms with van der Waals surface area (Å²) < 4.78 is 20.5. The van der Waals surface area contributed by atoms with E-state index in [1.165, 1.54) is 12.3 Å². The van der Waals surface area contributed by atoms with E-state index in [0.29, 0.717) is 40.6 Å². The molecule has 264 valence electrons. The van der Waals surface area contributed by atoms with Gasteiger partial charge in [-0.25, -0.2) is 14.6 Å². The number of rotatable bonds is 11. The van der Waals surface area contributed by atoms with E-state index < -0.39 is 8.32 Å². The molecule has 1 amide bonds. The van der Waals surface area contributed by atoms with Gasteiger partial charge < -0.3 is 24.5 Å². The molecule has 1 fully saturated rings. The van der Waals surface area contributed by atoms with Crippen molar-refractivity contribution in [3.05, 3.63) is 95.8 Å². The van der Waals surface area contributed by atoms with Crippen LogP contribution in [-0.2, 0) is 11.0 Å². The highest BCUT2D eigenvalue weighted by atomic mass is 28.4. The van der Waals surface area contributed by atoms with Crippen molar-refractivity contribution >= 4 is 36.9 Å². The first-order valence-electron chi connectivity index (χ1n) is 17.3. The summed E-state index contributed by atoms with van der Waals surface area (Å²) in [5, 5.41) is 21.7. The number of nitriles is 1. The zero-order valence-corrected chi connectivity index (χ0v) is 31.1. The Balaban J connectivity index is 1.23. The molecular weight excluding hydrogens is 659 g/mol. The predicted molar refractivity (Wildman–Crippen MR) is 201 cm³/mol. The molecule has 0 unspecified atom stereocenters. The first kappa shape index (κ1) is 35.6. The number of ether oxygens (including phenoxy) is 2. The lowest BCUT2D eigenvalue weighted by atomic mass is 9.93. The summed E-state index contributed by atoms with van der Waals surface area (Å²) in [5.74, 6) is 2.64. The summed E-state index contributed by atoms with van der Waals surface area (Å²) >= 11 is 0. The van der Waals surface area contributed by atoms with Gasteiger partial charge in [0.2, 0.25) is 0 Å². The number of nitrogens with one attached hydrogen (secondary N) is 2. The fourth-order valence-electron chi connectivity index (χ4n) is 5.94. The second kappa shape index (κ2) is 14.9. The zero-order valence-electron chi connectivity index (χ0n) is 30.1. The van der Waals surface area contributed by atoms with Crippen LogP contribution >= 0.6 is 0 Å². The Bertz CT molecular complexity index is 2020. The second-order valence-corrected chi connectivity index (χ2v) is 19.2. The lowest BCUT2D eigenvalue weighted by Gasteiger charge is -2.41. The first-order chi connectivity index (χ1) is 24.4. The van der Waals surface area contributed by atoms with Crippen LogP contribution in [-0.4, -0.2) is 53.2 Å². The fourth-order valence-corrected chi connectivity index (χ4v) is 7.36. The molecule has 3 aromatic heterocycles. The number of nitrogens with zero attached hydrogens (tertiary/aromatic N) is 5. The highest BCUT2D eigenvalue weighted by Gasteiger charge is 2.40. The molecule has 2 N–H and O–H groups in total. The standard InChI is InChI=1S/C39H45N7O4Si/c1-39(2,3)51(5,6)50-32-17-11-29(12-18-32)43-36-35-33(20-22-42-37(35)46(45-36)25-26-7-13-30(48-4)14-8-26)49-31-15-9-28(10-16-31)38(47)44-34-23-27(24-40)19-21-41-34/h7-10,13-16,19-23,29,32H,11-12,17-18,25H2,1-6H3,(H,43,45)(H,41,44,47). The van der Waals surface area contributed by atoms with Gasteiger partial charge in [0.05, 0.1) is 25.3 Å². The number of hydrogen-bond donors (Lipinski definition) is 2. The van der Waals surface area contributed by atoms with E-state index >= 15 is 0 Å². The monoisotopic (exact) mass is 703 g/mol. The summed E-state index contributed by atoms with van der Waals surface area (Å²) in [6, 6.07) is 22.0. The van der Waals surface area contributed by atoms with E-state index in [9.17, 15) is 4.79 Å². The van der Waals surface area contributed by atoms with Crippen LogP contribution in [0.15, 0.2) is 79.1 Å². The second-order valence-electron chi connectivity index (χ2n) is 14.5. The van der Waals surface area contributed by atoms with Crippen LogP contribution in [0.4, 0.5) is 11.6 Å². The fraction of sp³-hybridized carbons (Fsp3) is 0.359. The first-order valence-corrected chi connectivity index (χ1v) is 20.2. The van der Waals surface area contributed by atoms with E-state index in [-0.39, 0.29) is 23.1 Å². The third-order valence-corrected chi connectivity index (χ3v) is 14.4. The minimum absolute atomic E-state index is 0.177. The van der Waals surface area contributed by atoms with Crippen LogP contribution in [0, 0.1) is 11.3 Å². The number of carbonyl (C=O) groups excluding carboxylic acids is 1. The maximum absolute atomic E-state index is 12.9. The van der Waals surface area contributed by atoms with Gasteiger partial charge in [0.15, 0.2) is 19.8 Å². The molecule has 1 saturated carbocycles. The van der Waals surface area contributed by atoms with Gasteiger partial charge in [-0.1, -0.05) is 32.9 Å². The lowest BCUT2D eigenvalue weighted by Crippen LogP contribution is -2.45. The van der Waals surface area contributed by atoms with Gasteiger partial charge in [-0.15, -0.1) is 0 Å². The number of fused-ring (bicyclic) bond motifs is 1. The van der Waals surface area contributed by atoms with E-state index in [1.807, 2.05) is 35.0 Å². The van der Waals surface area contributed by atoms with Gasteiger partial charge in [-0.3, -0.25) is 4.79 Å². The van der Waals surface area contributed by atoms with E-state index in [2.05, 4.69) is 55.6 Å². The minimum atomic E-state index is -1.85. The van der Waals surface area contributed by atoms with Crippen LogP contribution in [0.25, 0.3) is 11.0 Å². The molecule has 0 radical (unpaired) electrons. The van der Waals surface area contributed by atoms with Crippen LogP contribution in [0.1, 0.15) is 67.9 Å². The molecule has 3 heterocycles. The molecule has 6 rings (SSSR count). The van der Waals surface area contributed by atoms with E-state index in [1.54, 1.807) is 43.6 Å². The topological polar surface area (TPSA) is 136 Å². The van der Waals surface area contributed by atoms with Crippen molar-refractivity contribution in [3.8, 4) is 23.3 Å². The van der Waals surface area contributed by atoms with Crippen molar-refractivity contribution in [2.75, 3.05) is 17.7 Å². The summed E-state index contributed by atoms with van der Waals surface area (Å²) in [6.07, 6.45) is 7.43. The number of benzene rings is 2. The van der Waals surface area contributed by atoms with Crippen molar-refractivity contribution < 1.29 is 18.7 Å².